The molecule has 4 heteroatoms. The average Bonchev–Trinajstić information content (AvgIpc) is 2.61. The van der Waals surface area contributed by atoms with Crippen molar-refractivity contribution in [1.82, 2.24) is 4.90 Å². The summed E-state index contributed by atoms with van der Waals surface area (Å²) in [6.45, 7) is 3.22. The Balaban J connectivity index is 1.91. The molecule has 14 heavy (non-hydrogen) atoms. The van der Waals surface area contributed by atoms with Gasteiger partial charge in [-0.3, -0.25) is 4.90 Å². The van der Waals surface area contributed by atoms with Crippen molar-refractivity contribution in [2.24, 2.45) is 5.73 Å². The van der Waals surface area contributed by atoms with Crippen molar-refractivity contribution in [3.05, 3.63) is 21.9 Å². The molecule has 0 atom stereocenters. The summed E-state index contributed by atoms with van der Waals surface area (Å²) in [6.07, 6.45) is 2.03. The summed E-state index contributed by atoms with van der Waals surface area (Å²) < 4.78 is 0. The van der Waals surface area contributed by atoms with Crippen LogP contribution in [0.15, 0.2) is 11.4 Å². The van der Waals surface area contributed by atoms with Crippen LogP contribution in [0.2, 0.25) is 0 Å². The van der Waals surface area contributed by atoms with Crippen LogP contribution in [0.25, 0.3) is 0 Å². The van der Waals surface area contributed by atoms with Gasteiger partial charge in [-0.2, -0.15) is 0 Å². The van der Waals surface area contributed by atoms with Gasteiger partial charge in [0, 0.05) is 30.9 Å². The quantitative estimate of drug-likeness (QED) is 0.797. The number of thiocarbonyl (C=S) groups is 1. The summed E-state index contributed by atoms with van der Waals surface area (Å²) in [7, 11) is 0. The lowest BCUT2D eigenvalue weighted by atomic mass is 10.1. The van der Waals surface area contributed by atoms with E-state index >= 15 is 0 Å². The first-order valence-electron chi connectivity index (χ1n) is 4.81. The maximum absolute atomic E-state index is 5.49. The predicted octanol–water partition coefficient (Wildman–Crippen LogP) is 1.78. The van der Waals surface area contributed by atoms with E-state index < -0.39 is 0 Å². The Kier molecular flexibility index (Phi) is 3.15. The lowest BCUT2D eigenvalue weighted by Gasteiger charge is -2.26. The van der Waals surface area contributed by atoms with Gasteiger partial charge in [-0.15, -0.1) is 11.3 Å². The molecule has 1 aliphatic heterocycles. The zero-order valence-electron chi connectivity index (χ0n) is 8.03. The molecule has 0 aromatic carbocycles. The first-order chi connectivity index (χ1) is 6.75. The van der Waals surface area contributed by atoms with Crippen molar-refractivity contribution in [1.29, 1.82) is 0 Å². The molecule has 0 aliphatic carbocycles. The summed E-state index contributed by atoms with van der Waals surface area (Å²) in [6, 6.07) is 2.23. The van der Waals surface area contributed by atoms with Crippen LogP contribution in [0.3, 0.4) is 0 Å². The minimum absolute atomic E-state index is 0.626. The van der Waals surface area contributed by atoms with Crippen LogP contribution >= 0.6 is 23.6 Å². The molecule has 1 aromatic rings. The highest BCUT2D eigenvalue weighted by atomic mass is 32.1. The second-order valence-corrected chi connectivity index (χ2v) is 5.14. The van der Waals surface area contributed by atoms with E-state index in [0.29, 0.717) is 4.99 Å². The Morgan fingerprint density at radius 1 is 1.64 bits per heavy atom. The van der Waals surface area contributed by atoms with Gasteiger partial charge >= 0.3 is 0 Å². The minimum Gasteiger partial charge on any atom is -0.393 e. The van der Waals surface area contributed by atoms with E-state index in [2.05, 4.69) is 16.3 Å². The van der Waals surface area contributed by atoms with Crippen molar-refractivity contribution >= 4 is 28.5 Å². The maximum Gasteiger partial charge on any atom is 0.0740 e. The van der Waals surface area contributed by atoms with E-state index in [4.69, 9.17) is 18.0 Å². The summed E-state index contributed by atoms with van der Waals surface area (Å²) in [5, 5.41) is 2.18. The molecule has 2 rings (SSSR count). The number of thiophene rings is 1. The molecular formula is C10H14N2S2. The van der Waals surface area contributed by atoms with E-state index in [9.17, 15) is 0 Å². The lowest BCUT2D eigenvalue weighted by Crippen LogP contribution is -2.32. The maximum atomic E-state index is 5.49. The highest BCUT2D eigenvalue weighted by molar-refractivity contribution is 7.80. The van der Waals surface area contributed by atoms with Gasteiger partial charge in [0.2, 0.25) is 0 Å². The van der Waals surface area contributed by atoms with E-state index in [1.54, 1.807) is 4.88 Å². The molecule has 0 amide bonds. The van der Waals surface area contributed by atoms with Crippen LogP contribution < -0.4 is 5.73 Å². The van der Waals surface area contributed by atoms with Crippen LogP contribution in [0, 0.1) is 0 Å². The fourth-order valence-electron chi connectivity index (χ4n) is 1.77. The molecule has 2 N–H and O–H groups in total. The van der Waals surface area contributed by atoms with E-state index in [1.807, 2.05) is 11.3 Å². The van der Waals surface area contributed by atoms with Crippen LogP contribution in [0.5, 0.6) is 0 Å². The van der Waals surface area contributed by atoms with Gasteiger partial charge in [0.1, 0.15) is 0 Å². The van der Waals surface area contributed by atoms with Crippen molar-refractivity contribution in [3.63, 3.8) is 0 Å². The van der Waals surface area contributed by atoms with Crippen LogP contribution in [-0.4, -0.2) is 23.0 Å². The Morgan fingerprint density at radius 2 is 2.50 bits per heavy atom. The Hall–Kier alpha value is -0.450. The zero-order chi connectivity index (χ0) is 9.97. The second kappa shape index (κ2) is 4.38. The van der Waals surface area contributed by atoms with Crippen molar-refractivity contribution in [2.75, 3.05) is 13.1 Å². The van der Waals surface area contributed by atoms with Crippen LogP contribution in [-0.2, 0) is 13.0 Å². The van der Waals surface area contributed by atoms with Gasteiger partial charge in [-0.25, -0.2) is 0 Å². The highest BCUT2D eigenvalue weighted by Gasteiger charge is 2.16. The normalized spacial score (nSPS) is 16.6. The summed E-state index contributed by atoms with van der Waals surface area (Å²) in [5.74, 6) is 0. The lowest BCUT2D eigenvalue weighted by molar-refractivity contribution is 0.264. The van der Waals surface area contributed by atoms with Gasteiger partial charge in [0.15, 0.2) is 0 Å². The number of fused-ring (bicyclic) bond motifs is 1. The fourth-order valence-corrected chi connectivity index (χ4v) is 2.75. The molecule has 0 unspecified atom stereocenters. The van der Waals surface area contributed by atoms with Gasteiger partial charge in [-0.1, -0.05) is 12.2 Å². The Labute approximate surface area is 93.7 Å². The van der Waals surface area contributed by atoms with Gasteiger partial charge < -0.3 is 5.73 Å². The van der Waals surface area contributed by atoms with E-state index in [-0.39, 0.29) is 0 Å². The van der Waals surface area contributed by atoms with Crippen LogP contribution in [0.4, 0.5) is 0 Å². The molecule has 1 aromatic heterocycles. The Bertz CT molecular complexity index is 333. The number of hydrogen-bond acceptors (Lipinski definition) is 3. The minimum atomic E-state index is 0.626. The number of nitrogens with two attached hydrogens (primary N) is 1. The fraction of sp³-hybridized carbons (Fsp3) is 0.500. The third-order valence-electron chi connectivity index (χ3n) is 2.56. The standard InChI is InChI=1S/C10H14N2S2/c11-10(13)2-5-12-4-1-9-8(7-12)3-6-14-9/h3,6H,1-2,4-5,7H2,(H2,11,13). The Morgan fingerprint density at radius 3 is 3.29 bits per heavy atom. The third-order valence-corrected chi connectivity index (χ3v) is 3.79. The topological polar surface area (TPSA) is 29.3 Å². The highest BCUT2D eigenvalue weighted by Crippen LogP contribution is 2.23. The van der Waals surface area contributed by atoms with E-state index in [0.717, 1.165) is 26.1 Å². The molecule has 1 aliphatic rings. The van der Waals surface area contributed by atoms with Crippen molar-refractivity contribution < 1.29 is 0 Å². The average molecular weight is 226 g/mol. The predicted molar refractivity (Wildman–Crippen MR) is 64.7 cm³/mol. The van der Waals surface area contributed by atoms with Crippen molar-refractivity contribution in [3.8, 4) is 0 Å². The van der Waals surface area contributed by atoms with Crippen molar-refractivity contribution in [2.45, 2.75) is 19.4 Å². The smallest absolute Gasteiger partial charge is 0.0740 e. The molecule has 0 saturated heterocycles. The molecular weight excluding hydrogens is 212 g/mol. The largest absolute Gasteiger partial charge is 0.393 e. The molecule has 76 valence electrons. The van der Waals surface area contributed by atoms with Gasteiger partial charge in [0.05, 0.1) is 4.99 Å². The first-order valence-corrected chi connectivity index (χ1v) is 6.10. The summed E-state index contributed by atoms with van der Waals surface area (Å²) in [5.41, 5.74) is 6.98. The zero-order valence-corrected chi connectivity index (χ0v) is 9.66. The molecule has 0 saturated carbocycles. The number of rotatable bonds is 3. The molecule has 2 heterocycles. The SMILES string of the molecule is NC(=S)CCN1CCc2sccc2C1. The number of hydrogen-bond donors (Lipinski definition) is 1. The molecule has 0 bridgehead atoms. The van der Waals surface area contributed by atoms with Gasteiger partial charge in [-0.05, 0) is 23.4 Å². The first kappa shape index (κ1) is 10.1. The van der Waals surface area contributed by atoms with Crippen LogP contribution in [0.1, 0.15) is 16.9 Å². The third kappa shape index (κ3) is 2.32. The van der Waals surface area contributed by atoms with E-state index in [1.165, 1.54) is 12.0 Å². The molecule has 0 spiro atoms. The summed E-state index contributed by atoms with van der Waals surface area (Å²) >= 11 is 6.75. The second-order valence-electron chi connectivity index (χ2n) is 3.61. The molecule has 0 fully saturated rings. The molecule has 0 radical (unpaired) electrons. The monoisotopic (exact) mass is 226 g/mol. The molecule has 2 nitrogen and oxygen atoms in total. The summed E-state index contributed by atoms with van der Waals surface area (Å²) in [4.78, 5) is 4.60. The number of nitrogens with zero attached hydrogens (tertiary/aromatic N) is 1. The van der Waals surface area contributed by atoms with Gasteiger partial charge in [0.25, 0.3) is 0 Å².